The smallest absolute Gasteiger partial charge is 0.254 e. The quantitative estimate of drug-likeness (QED) is 0.374. The number of nitrogens with zero attached hydrogens (tertiary/aromatic N) is 6. The predicted molar refractivity (Wildman–Crippen MR) is 139 cm³/mol. The van der Waals surface area contributed by atoms with Crippen molar-refractivity contribution in [3.63, 3.8) is 0 Å². The zero-order chi connectivity index (χ0) is 26.4. The third-order valence-corrected chi connectivity index (χ3v) is 7.24. The summed E-state index contributed by atoms with van der Waals surface area (Å²) in [7, 11) is 0. The van der Waals surface area contributed by atoms with E-state index in [1.807, 2.05) is 23.1 Å². The number of aromatic nitrogens is 4. The van der Waals surface area contributed by atoms with E-state index in [1.165, 1.54) is 4.90 Å². The highest BCUT2D eigenvalue weighted by Gasteiger charge is 2.44. The summed E-state index contributed by atoms with van der Waals surface area (Å²) in [6, 6.07) is 13.6. The number of hydrogen-bond acceptors (Lipinski definition) is 7. The van der Waals surface area contributed by atoms with Crippen molar-refractivity contribution < 1.29 is 13.6 Å². The van der Waals surface area contributed by atoms with E-state index in [2.05, 4.69) is 26.6 Å². The Labute approximate surface area is 217 Å². The molecule has 192 valence electrons. The van der Waals surface area contributed by atoms with Gasteiger partial charge in [0.2, 0.25) is 11.9 Å². The van der Waals surface area contributed by atoms with Crippen LogP contribution in [-0.4, -0.2) is 44.1 Å². The summed E-state index contributed by atoms with van der Waals surface area (Å²) >= 11 is 0. The normalized spacial score (nSPS) is 19.3. The van der Waals surface area contributed by atoms with E-state index in [4.69, 9.17) is 4.98 Å². The number of fused-ring (bicyclic) bond motifs is 2. The van der Waals surface area contributed by atoms with Gasteiger partial charge in [0.1, 0.15) is 11.7 Å². The van der Waals surface area contributed by atoms with Crippen molar-refractivity contribution in [3.8, 4) is 6.07 Å². The highest BCUT2D eigenvalue weighted by Crippen LogP contribution is 2.44. The topological polar surface area (TPSA) is 114 Å². The van der Waals surface area contributed by atoms with Crippen LogP contribution in [-0.2, 0) is 4.79 Å². The number of nitrogens with one attached hydrogen (secondary N) is 2. The van der Waals surface area contributed by atoms with Crippen LogP contribution in [0.2, 0.25) is 0 Å². The van der Waals surface area contributed by atoms with Gasteiger partial charge in [-0.2, -0.15) is 15.3 Å². The second-order valence-electron chi connectivity index (χ2n) is 9.71. The van der Waals surface area contributed by atoms with Crippen molar-refractivity contribution in [1.29, 1.82) is 5.26 Å². The van der Waals surface area contributed by atoms with E-state index < -0.39 is 12.0 Å². The predicted octanol–water partition coefficient (Wildman–Crippen LogP) is 5.42. The molecular formula is C27H24F2N8O. The standard InChI is InChI=1S/C27H24F2N8O/c1-16-25(38)37(21-4-2-3-17(11-21)13-30)23-15-31-26(33-19-5-6-22-18(12-19)14-32-35-22)34-24(23)36(16)20-7-9-27(28,29)10-8-20/h2-6,11-12,14-16,20H,7-10H2,1H3,(H,32,35)(H,31,33,34)/t16-/m1/s1. The summed E-state index contributed by atoms with van der Waals surface area (Å²) in [5.41, 5.74) is 3.02. The monoisotopic (exact) mass is 514 g/mol. The van der Waals surface area contributed by atoms with Crippen molar-refractivity contribution in [2.75, 3.05) is 15.1 Å². The minimum atomic E-state index is -2.70. The summed E-state index contributed by atoms with van der Waals surface area (Å²) in [4.78, 5) is 26.4. The van der Waals surface area contributed by atoms with Gasteiger partial charge in [0, 0.05) is 30.0 Å². The van der Waals surface area contributed by atoms with Gasteiger partial charge in [-0.1, -0.05) is 6.07 Å². The van der Waals surface area contributed by atoms with Gasteiger partial charge in [-0.15, -0.1) is 0 Å². The SMILES string of the molecule is C[C@@H]1C(=O)N(c2cccc(C#N)c2)c2cnc(Nc3ccc4[nH]ncc4c3)nc2N1C1CCC(F)(F)CC1. The molecule has 0 radical (unpaired) electrons. The lowest BCUT2D eigenvalue weighted by molar-refractivity contribution is -0.119. The zero-order valence-corrected chi connectivity index (χ0v) is 20.5. The number of benzene rings is 2. The van der Waals surface area contributed by atoms with Gasteiger partial charge in [-0.3, -0.25) is 14.8 Å². The number of aromatic amines is 1. The van der Waals surface area contributed by atoms with Crippen LogP contribution in [0.1, 0.15) is 38.2 Å². The number of carbonyl (C=O) groups is 1. The van der Waals surface area contributed by atoms with Gasteiger partial charge in [-0.25, -0.2) is 13.8 Å². The number of anilines is 5. The third kappa shape index (κ3) is 4.18. The van der Waals surface area contributed by atoms with E-state index in [1.54, 1.807) is 43.6 Å². The number of H-pyrrole nitrogens is 1. The third-order valence-electron chi connectivity index (χ3n) is 7.24. The molecule has 1 fully saturated rings. The van der Waals surface area contributed by atoms with Gasteiger partial charge >= 0.3 is 0 Å². The first-order chi connectivity index (χ1) is 18.3. The summed E-state index contributed by atoms with van der Waals surface area (Å²) < 4.78 is 28.0. The molecule has 0 bridgehead atoms. The number of rotatable bonds is 4. The minimum Gasteiger partial charge on any atom is -0.340 e. The van der Waals surface area contributed by atoms with Crippen LogP contribution in [0.25, 0.3) is 10.9 Å². The Hall–Kier alpha value is -4.59. The Morgan fingerprint density at radius 2 is 1.97 bits per heavy atom. The first-order valence-corrected chi connectivity index (χ1v) is 12.4. The largest absolute Gasteiger partial charge is 0.340 e. The molecule has 0 saturated heterocycles. The maximum Gasteiger partial charge on any atom is 0.254 e. The molecule has 2 aromatic heterocycles. The molecule has 1 amide bonds. The number of amides is 1. The molecule has 6 rings (SSSR count). The first-order valence-electron chi connectivity index (χ1n) is 12.4. The summed E-state index contributed by atoms with van der Waals surface area (Å²) in [5, 5.41) is 20.5. The van der Waals surface area contributed by atoms with Gasteiger partial charge in [0.15, 0.2) is 5.82 Å². The van der Waals surface area contributed by atoms with Gasteiger partial charge in [0.25, 0.3) is 5.91 Å². The molecule has 2 N–H and O–H groups in total. The summed E-state index contributed by atoms with van der Waals surface area (Å²) in [6.45, 7) is 1.77. The molecule has 3 heterocycles. The number of alkyl halides is 2. The van der Waals surface area contributed by atoms with Crippen LogP contribution >= 0.6 is 0 Å². The van der Waals surface area contributed by atoms with Crippen molar-refractivity contribution in [1.82, 2.24) is 20.2 Å². The van der Waals surface area contributed by atoms with Crippen molar-refractivity contribution in [3.05, 3.63) is 60.4 Å². The molecule has 9 nitrogen and oxygen atoms in total. The first kappa shape index (κ1) is 23.8. The van der Waals surface area contributed by atoms with E-state index in [9.17, 15) is 18.8 Å². The highest BCUT2D eigenvalue weighted by atomic mass is 19.3. The van der Waals surface area contributed by atoms with Crippen molar-refractivity contribution in [2.24, 2.45) is 0 Å². The van der Waals surface area contributed by atoms with Crippen LogP contribution in [0.4, 0.5) is 37.6 Å². The molecule has 11 heteroatoms. The zero-order valence-electron chi connectivity index (χ0n) is 20.5. The fourth-order valence-corrected chi connectivity index (χ4v) is 5.31. The Balaban J connectivity index is 1.43. The van der Waals surface area contributed by atoms with Crippen LogP contribution in [0.15, 0.2) is 54.9 Å². The lowest BCUT2D eigenvalue weighted by atomic mass is 9.89. The van der Waals surface area contributed by atoms with Crippen LogP contribution < -0.4 is 15.1 Å². The number of carbonyl (C=O) groups excluding carboxylic acids is 1. The lowest BCUT2D eigenvalue weighted by Crippen LogP contribution is -2.56. The van der Waals surface area contributed by atoms with Crippen LogP contribution in [0.3, 0.4) is 0 Å². The number of halogens is 2. The Kier molecular flexibility index (Phi) is 5.67. The molecule has 0 unspecified atom stereocenters. The molecule has 1 atom stereocenters. The van der Waals surface area contributed by atoms with Crippen molar-refractivity contribution in [2.45, 2.75) is 50.6 Å². The molecule has 0 spiro atoms. The number of nitriles is 1. The van der Waals surface area contributed by atoms with E-state index in [0.717, 1.165) is 16.6 Å². The van der Waals surface area contributed by atoms with E-state index in [0.29, 0.717) is 28.7 Å². The summed E-state index contributed by atoms with van der Waals surface area (Å²) in [6.07, 6.45) is 3.30. The molecule has 2 aromatic carbocycles. The highest BCUT2D eigenvalue weighted by molar-refractivity contribution is 6.10. The minimum absolute atomic E-state index is 0.236. The van der Waals surface area contributed by atoms with E-state index >= 15 is 0 Å². The van der Waals surface area contributed by atoms with Crippen molar-refractivity contribution >= 4 is 45.6 Å². The molecular weight excluding hydrogens is 490 g/mol. The summed E-state index contributed by atoms with van der Waals surface area (Å²) in [5.74, 6) is -2.14. The molecule has 38 heavy (non-hydrogen) atoms. The molecule has 4 aromatic rings. The Morgan fingerprint density at radius 3 is 2.76 bits per heavy atom. The maximum atomic E-state index is 14.0. The molecule has 1 saturated carbocycles. The van der Waals surface area contributed by atoms with Gasteiger partial charge < -0.3 is 10.2 Å². The Bertz CT molecular complexity index is 1570. The van der Waals surface area contributed by atoms with Crippen LogP contribution in [0, 0.1) is 11.3 Å². The fraction of sp³-hybridized carbons (Fsp3) is 0.296. The molecule has 1 aliphatic carbocycles. The van der Waals surface area contributed by atoms with Gasteiger partial charge in [-0.05, 0) is 56.2 Å². The lowest BCUT2D eigenvalue weighted by Gasteiger charge is -2.46. The Morgan fingerprint density at radius 1 is 1.16 bits per heavy atom. The molecule has 1 aliphatic heterocycles. The average Bonchev–Trinajstić information content (AvgIpc) is 3.38. The molecule has 2 aliphatic rings. The van der Waals surface area contributed by atoms with Crippen LogP contribution in [0.5, 0.6) is 0 Å². The van der Waals surface area contributed by atoms with Gasteiger partial charge in [0.05, 0.1) is 35.2 Å². The second-order valence-corrected chi connectivity index (χ2v) is 9.71. The van der Waals surface area contributed by atoms with E-state index in [-0.39, 0.29) is 37.6 Å². The average molecular weight is 515 g/mol. The maximum absolute atomic E-state index is 14.0. The fourth-order valence-electron chi connectivity index (χ4n) is 5.31. The second kappa shape index (κ2) is 9.06. The number of hydrogen-bond donors (Lipinski definition) is 2.